The van der Waals surface area contributed by atoms with Gasteiger partial charge in [0.2, 0.25) is 11.8 Å². The Hall–Kier alpha value is -3.19. The highest BCUT2D eigenvalue weighted by molar-refractivity contribution is 5.83. The molecule has 0 unspecified atom stereocenters. The molecule has 0 radical (unpaired) electrons. The maximum atomic E-state index is 14.0. The van der Waals surface area contributed by atoms with E-state index in [1.807, 2.05) is 47.0 Å². The average molecular weight is 461 g/mol. The van der Waals surface area contributed by atoms with Gasteiger partial charge in [-0.3, -0.25) is 9.59 Å². The van der Waals surface area contributed by atoms with Crippen LogP contribution in [-0.4, -0.2) is 51.0 Å². The van der Waals surface area contributed by atoms with Gasteiger partial charge in [0.05, 0.1) is 22.6 Å². The molecule has 1 aromatic heterocycles. The summed E-state index contributed by atoms with van der Waals surface area (Å²) >= 11 is 0. The molecule has 0 saturated carbocycles. The second-order valence-electron chi connectivity index (χ2n) is 9.76. The maximum Gasteiger partial charge on any atom is 0.243 e. The molecule has 2 aliphatic rings. The van der Waals surface area contributed by atoms with E-state index in [1.54, 1.807) is 7.11 Å². The van der Waals surface area contributed by atoms with Crippen molar-refractivity contribution in [2.24, 2.45) is 0 Å². The molecule has 2 fully saturated rings. The van der Waals surface area contributed by atoms with Crippen LogP contribution >= 0.6 is 0 Å². The van der Waals surface area contributed by atoms with Crippen molar-refractivity contribution in [3.8, 4) is 0 Å². The first-order valence-electron chi connectivity index (χ1n) is 12.1. The number of amides is 2. The van der Waals surface area contributed by atoms with Crippen LogP contribution in [0, 0.1) is 0 Å². The van der Waals surface area contributed by atoms with Crippen molar-refractivity contribution in [1.29, 1.82) is 0 Å². The van der Waals surface area contributed by atoms with Gasteiger partial charge in [-0.05, 0) is 50.3 Å². The second-order valence-corrected chi connectivity index (χ2v) is 9.76. The van der Waals surface area contributed by atoms with Crippen LogP contribution in [0.1, 0.15) is 44.0 Å². The van der Waals surface area contributed by atoms with Gasteiger partial charge in [-0.15, -0.1) is 0 Å². The number of imidazole rings is 1. The number of nitrogens with one attached hydrogen (secondary N) is 1. The van der Waals surface area contributed by atoms with E-state index in [-0.39, 0.29) is 30.4 Å². The molecule has 3 heterocycles. The normalized spacial score (nSPS) is 24.6. The fraction of sp³-hybridized carbons (Fsp3) is 0.444. The van der Waals surface area contributed by atoms with Gasteiger partial charge in [-0.2, -0.15) is 0 Å². The highest BCUT2D eigenvalue weighted by atomic mass is 16.5. The Labute approximate surface area is 200 Å². The lowest BCUT2D eigenvalue weighted by Crippen LogP contribution is -2.54. The van der Waals surface area contributed by atoms with Crippen molar-refractivity contribution in [3.05, 3.63) is 66.0 Å². The lowest BCUT2D eigenvalue weighted by atomic mass is 9.89. The molecule has 5 rings (SSSR count). The lowest BCUT2D eigenvalue weighted by molar-refractivity contribution is -0.135. The van der Waals surface area contributed by atoms with Crippen molar-refractivity contribution < 1.29 is 14.3 Å². The zero-order valence-electron chi connectivity index (χ0n) is 19.9. The molecule has 3 aromatic rings. The number of para-hydroxylation sites is 2. The van der Waals surface area contributed by atoms with Crippen LogP contribution in [-0.2, 0) is 33.9 Å². The van der Waals surface area contributed by atoms with Crippen molar-refractivity contribution in [2.75, 3.05) is 7.11 Å². The maximum absolute atomic E-state index is 14.0. The molecular weight excluding hydrogens is 428 g/mol. The zero-order valence-corrected chi connectivity index (χ0v) is 19.9. The Morgan fingerprint density at radius 1 is 1.18 bits per heavy atom. The van der Waals surface area contributed by atoms with Gasteiger partial charge in [0.15, 0.2) is 0 Å². The van der Waals surface area contributed by atoms with E-state index < -0.39 is 5.54 Å². The molecule has 2 aromatic carbocycles. The van der Waals surface area contributed by atoms with Crippen LogP contribution in [0.4, 0.5) is 0 Å². The van der Waals surface area contributed by atoms with Crippen molar-refractivity contribution in [2.45, 2.75) is 69.8 Å². The molecule has 34 heavy (non-hydrogen) atoms. The molecule has 7 nitrogen and oxygen atoms in total. The quantitative estimate of drug-likeness (QED) is 0.611. The minimum atomic E-state index is -0.422. The summed E-state index contributed by atoms with van der Waals surface area (Å²) in [6, 6.07) is 18.2. The van der Waals surface area contributed by atoms with E-state index in [0.29, 0.717) is 13.0 Å². The smallest absolute Gasteiger partial charge is 0.243 e. The van der Waals surface area contributed by atoms with Crippen LogP contribution < -0.4 is 5.32 Å². The van der Waals surface area contributed by atoms with Gasteiger partial charge in [-0.25, -0.2) is 4.98 Å². The number of likely N-dealkylation sites (tertiary alicyclic amines) is 1. The molecule has 2 aliphatic heterocycles. The summed E-state index contributed by atoms with van der Waals surface area (Å²) in [5.74, 6) is 0.889. The van der Waals surface area contributed by atoms with Gasteiger partial charge in [0, 0.05) is 19.6 Å². The first-order chi connectivity index (χ1) is 16.5. The predicted octanol–water partition coefficient (Wildman–Crippen LogP) is 3.45. The summed E-state index contributed by atoms with van der Waals surface area (Å²) < 4.78 is 7.36. The van der Waals surface area contributed by atoms with Gasteiger partial charge in [0.1, 0.15) is 19.0 Å². The molecule has 2 saturated heterocycles. The number of methoxy groups -OCH3 is 1. The fourth-order valence-electron chi connectivity index (χ4n) is 5.91. The number of aromatic nitrogens is 2. The molecule has 2 amide bonds. The van der Waals surface area contributed by atoms with Crippen LogP contribution in [0.5, 0.6) is 0 Å². The number of carbonyl (C=O) groups is 2. The Balaban J connectivity index is 1.50. The van der Waals surface area contributed by atoms with Crippen molar-refractivity contribution in [3.63, 3.8) is 0 Å². The number of carbonyl (C=O) groups excluding carboxylic acids is 2. The summed E-state index contributed by atoms with van der Waals surface area (Å²) in [5, 5.41) is 3.27. The molecule has 178 valence electrons. The third kappa shape index (κ3) is 4.20. The summed E-state index contributed by atoms with van der Waals surface area (Å²) in [6.07, 6.45) is 3.64. The van der Waals surface area contributed by atoms with Crippen molar-refractivity contribution >= 4 is 22.8 Å². The van der Waals surface area contributed by atoms with Gasteiger partial charge in [-0.1, -0.05) is 42.5 Å². The number of benzene rings is 2. The number of fused-ring (bicyclic) bond motifs is 2. The molecular formula is C27H32N4O3. The first kappa shape index (κ1) is 22.6. The van der Waals surface area contributed by atoms with E-state index in [1.165, 1.54) is 5.56 Å². The Morgan fingerprint density at radius 3 is 2.74 bits per heavy atom. The number of hydrogen-bond acceptors (Lipinski definition) is 4. The van der Waals surface area contributed by atoms with Crippen LogP contribution in [0.15, 0.2) is 54.6 Å². The Morgan fingerprint density at radius 2 is 1.94 bits per heavy atom. The summed E-state index contributed by atoms with van der Waals surface area (Å²) in [7, 11) is 1.64. The number of hydrogen-bond donors (Lipinski definition) is 1. The van der Waals surface area contributed by atoms with Crippen LogP contribution in [0.25, 0.3) is 11.0 Å². The number of rotatable bonds is 6. The molecule has 3 atom stereocenters. The first-order valence-corrected chi connectivity index (χ1v) is 12.1. The molecule has 1 N–H and O–H groups in total. The highest BCUT2D eigenvalue weighted by Gasteiger charge is 2.52. The zero-order chi connectivity index (χ0) is 23.7. The topological polar surface area (TPSA) is 76.5 Å². The van der Waals surface area contributed by atoms with E-state index >= 15 is 0 Å². The average Bonchev–Trinajstić information content (AvgIpc) is 3.23. The standard InChI is InChI=1S/C27H32N4O3/c1-27-16-20(15-19-9-4-3-5-10-19)31(23(27)13-8-14-25(32)29-27)26(33)17-30-22-12-7-6-11-21(22)28-24(30)18-34-2/h3-7,9-12,20,23H,8,13-18H2,1-2H3,(H,29,32)/t20-,23+,27+/m1/s1. The van der Waals surface area contributed by atoms with Gasteiger partial charge < -0.3 is 19.5 Å². The summed E-state index contributed by atoms with van der Waals surface area (Å²) in [5.41, 5.74) is 2.56. The molecule has 0 spiro atoms. The van der Waals surface area contributed by atoms with E-state index in [4.69, 9.17) is 9.72 Å². The minimum absolute atomic E-state index is 0.0176. The lowest BCUT2D eigenvalue weighted by Gasteiger charge is -2.35. The molecule has 7 heteroatoms. The fourth-order valence-corrected chi connectivity index (χ4v) is 5.91. The molecule has 0 aliphatic carbocycles. The Bertz CT molecular complexity index is 1190. The second kappa shape index (κ2) is 9.22. The predicted molar refractivity (Wildman–Crippen MR) is 130 cm³/mol. The third-order valence-electron chi connectivity index (χ3n) is 7.33. The number of nitrogens with zero attached hydrogens (tertiary/aromatic N) is 3. The third-order valence-corrected chi connectivity index (χ3v) is 7.33. The molecule has 0 bridgehead atoms. The minimum Gasteiger partial charge on any atom is -0.377 e. The van der Waals surface area contributed by atoms with Gasteiger partial charge >= 0.3 is 0 Å². The van der Waals surface area contributed by atoms with Gasteiger partial charge in [0.25, 0.3) is 0 Å². The summed E-state index contributed by atoms with van der Waals surface area (Å²) in [6.45, 7) is 2.65. The van der Waals surface area contributed by atoms with Crippen LogP contribution in [0.3, 0.4) is 0 Å². The largest absolute Gasteiger partial charge is 0.377 e. The van der Waals surface area contributed by atoms with E-state index in [9.17, 15) is 9.59 Å². The van der Waals surface area contributed by atoms with E-state index in [2.05, 4.69) is 29.3 Å². The summed E-state index contributed by atoms with van der Waals surface area (Å²) in [4.78, 5) is 33.3. The monoisotopic (exact) mass is 460 g/mol. The van der Waals surface area contributed by atoms with E-state index in [0.717, 1.165) is 42.5 Å². The Kier molecular flexibility index (Phi) is 6.13. The van der Waals surface area contributed by atoms with Crippen molar-refractivity contribution in [1.82, 2.24) is 19.8 Å². The highest BCUT2D eigenvalue weighted by Crippen LogP contribution is 2.39. The SMILES string of the molecule is COCc1nc2ccccc2n1CC(=O)N1[C@H](Cc2ccccc2)C[C@]2(C)NC(=O)CCC[C@H]12. The number of ether oxygens (including phenoxy) is 1. The van der Waals surface area contributed by atoms with Crippen LogP contribution in [0.2, 0.25) is 0 Å².